The van der Waals surface area contributed by atoms with E-state index in [2.05, 4.69) is 5.32 Å². The van der Waals surface area contributed by atoms with Gasteiger partial charge in [0.1, 0.15) is 5.82 Å². The Morgan fingerprint density at radius 3 is 2.40 bits per heavy atom. The fourth-order valence-corrected chi connectivity index (χ4v) is 4.03. The molecule has 1 aliphatic carbocycles. The van der Waals surface area contributed by atoms with Gasteiger partial charge in [-0.1, -0.05) is 12.1 Å². The minimum Gasteiger partial charge on any atom is -0.481 e. The summed E-state index contributed by atoms with van der Waals surface area (Å²) in [6, 6.07) is 6.62. The van der Waals surface area contributed by atoms with Crippen LogP contribution < -0.4 is 5.32 Å². The van der Waals surface area contributed by atoms with Crippen molar-refractivity contribution in [3.63, 3.8) is 0 Å². The molecule has 2 unspecified atom stereocenters. The molecule has 2 amide bonds. The first kappa shape index (κ1) is 17.7. The smallest absolute Gasteiger partial charge is 0.317 e. The summed E-state index contributed by atoms with van der Waals surface area (Å²) in [5.41, 5.74) is 1.06. The molecule has 1 aliphatic heterocycles. The van der Waals surface area contributed by atoms with Crippen LogP contribution in [0.1, 0.15) is 50.5 Å². The van der Waals surface area contributed by atoms with E-state index in [0.717, 1.165) is 12.0 Å². The van der Waals surface area contributed by atoms with Crippen molar-refractivity contribution in [2.45, 2.75) is 57.0 Å². The van der Waals surface area contributed by atoms with Crippen molar-refractivity contribution in [1.29, 1.82) is 0 Å². The van der Waals surface area contributed by atoms with Crippen LogP contribution in [0.25, 0.3) is 0 Å². The van der Waals surface area contributed by atoms with Crippen molar-refractivity contribution in [2.75, 3.05) is 6.54 Å². The van der Waals surface area contributed by atoms with Crippen LogP contribution in [-0.2, 0) is 4.79 Å². The quantitative estimate of drug-likeness (QED) is 0.880. The summed E-state index contributed by atoms with van der Waals surface area (Å²) in [5.74, 6) is -1.03. The lowest BCUT2D eigenvalue weighted by Crippen LogP contribution is -2.47. The fourth-order valence-electron chi connectivity index (χ4n) is 4.03. The maximum Gasteiger partial charge on any atom is 0.317 e. The molecule has 1 aromatic rings. The lowest BCUT2D eigenvalue weighted by Gasteiger charge is -2.30. The number of halogens is 1. The fraction of sp³-hybridized carbons (Fsp3) is 0.579. The lowest BCUT2D eigenvalue weighted by molar-refractivity contribution is -0.142. The lowest BCUT2D eigenvalue weighted by atomic mass is 9.86. The Kier molecular flexibility index (Phi) is 5.25. The van der Waals surface area contributed by atoms with E-state index in [1.807, 2.05) is 11.8 Å². The molecular weight excluding hydrogens is 323 g/mol. The number of hydrogen-bond acceptors (Lipinski definition) is 2. The van der Waals surface area contributed by atoms with Crippen LogP contribution in [0.4, 0.5) is 9.18 Å². The first-order valence-electron chi connectivity index (χ1n) is 8.99. The van der Waals surface area contributed by atoms with Crippen molar-refractivity contribution in [1.82, 2.24) is 10.2 Å². The molecule has 1 saturated carbocycles. The molecule has 2 fully saturated rings. The standard InChI is InChI=1S/C19H25FN2O3/c1-12-10-15(13-2-6-16(20)7-3-13)11-22(12)19(25)21-17-8-4-14(5-9-17)18(23)24/h2-3,6-7,12,14-15,17H,4-5,8-11H2,1H3,(H,21,25)(H,23,24). The van der Waals surface area contributed by atoms with Gasteiger partial charge in [-0.25, -0.2) is 9.18 Å². The third kappa shape index (κ3) is 4.11. The number of benzene rings is 1. The molecular formula is C19H25FN2O3. The molecule has 2 atom stereocenters. The number of carbonyl (C=O) groups excluding carboxylic acids is 1. The topological polar surface area (TPSA) is 69.6 Å². The molecule has 1 aromatic carbocycles. The number of likely N-dealkylation sites (tertiary alicyclic amines) is 1. The number of nitrogens with one attached hydrogen (secondary N) is 1. The Hall–Kier alpha value is -2.11. The minimum absolute atomic E-state index is 0.0557. The minimum atomic E-state index is -0.736. The maximum atomic E-state index is 13.1. The summed E-state index contributed by atoms with van der Waals surface area (Å²) < 4.78 is 13.1. The second-order valence-electron chi connectivity index (χ2n) is 7.32. The van der Waals surface area contributed by atoms with E-state index >= 15 is 0 Å². The average molecular weight is 348 g/mol. The Balaban J connectivity index is 1.54. The van der Waals surface area contributed by atoms with Crippen molar-refractivity contribution >= 4 is 12.0 Å². The first-order chi connectivity index (χ1) is 11.9. The third-order valence-corrected chi connectivity index (χ3v) is 5.58. The Morgan fingerprint density at radius 2 is 1.80 bits per heavy atom. The van der Waals surface area contributed by atoms with Crippen LogP contribution in [0.2, 0.25) is 0 Å². The van der Waals surface area contributed by atoms with Crippen LogP contribution in [0.3, 0.4) is 0 Å². The number of rotatable bonds is 3. The number of nitrogens with zero attached hydrogens (tertiary/aromatic N) is 1. The summed E-state index contributed by atoms with van der Waals surface area (Å²) in [6.45, 7) is 2.66. The second kappa shape index (κ2) is 7.42. The molecule has 136 valence electrons. The molecule has 0 spiro atoms. The molecule has 0 radical (unpaired) electrons. The summed E-state index contributed by atoms with van der Waals surface area (Å²) in [7, 11) is 0. The molecule has 2 N–H and O–H groups in total. The molecule has 3 rings (SSSR count). The Labute approximate surface area is 147 Å². The molecule has 25 heavy (non-hydrogen) atoms. The molecule has 1 saturated heterocycles. The predicted octanol–water partition coefficient (Wildman–Crippen LogP) is 3.36. The summed E-state index contributed by atoms with van der Waals surface area (Å²) in [6.07, 6.45) is 3.53. The van der Waals surface area contributed by atoms with Gasteiger partial charge in [0.15, 0.2) is 0 Å². The highest BCUT2D eigenvalue weighted by Crippen LogP contribution is 2.32. The normalized spacial score (nSPS) is 29.4. The van der Waals surface area contributed by atoms with Crippen LogP contribution in [-0.4, -0.2) is 40.6 Å². The van der Waals surface area contributed by atoms with E-state index in [0.29, 0.717) is 32.2 Å². The zero-order chi connectivity index (χ0) is 18.0. The number of carboxylic acid groups (broad SMARTS) is 1. The average Bonchev–Trinajstić information content (AvgIpc) is 2.98. The largest absolute Gasteiger partial charge is 0.481 e. The summed E-state index contributed by atoms with van der Waals surface area (Å²) in [4.78, 5) is 25.5. The van der Waals surface area contributed by atoms with E-state index in [4.69, 9.17) is 5.11 Å². The van der Waals surface area contributed by atoms with Crippen molar-refractivity contribution in [3.8, 4) is 0 Å². The number of hydrogen-bond donors (Lipinski definition) is 2. The second-order valence-corrected chi connectivity index (χ2v) is 7.32. The number of carbonyl (C=O) groups is 2. The number of aliphatic carboxylic acids is 1. The molecule has 5 nitrogen and oxygen atoms in total. The highest BCUT2D eigenvalue weighted by atomic mass is 19.1. The third-order valence-electron chi connectivity index (χ3n) is 5.58. The molecule has 2 aliphatic rings. The van der Waals surface area contributed by atoms with Gasteiger partial charge >= 0.3 is 12.0 Å². The molecule has 0 bridgehead atoms. The highest BCUT2D eigenvalue weighted by molar-refractivity contribution is 5.75. The molecule has 6 heteroatoms. The maximum absolute atomic E-state index is 13.1. The van der Waals surface area contributed by atoms with Gasteiger partial charge in [0, 0.05) is 24.5 Å². The van der Waals surface area contributed by atoms with E-state index in [9.17, 15) is 14.0 Å². The highest BCUT2D eigenvalue weighted by Gasteiger charge is 2.35. The van der Waals surface area contributed by atoms with Crippen LogP contribution in [0.5, 0.6) is 0 Å². The van der Waals surface area contributed by atoms with Gasteiger partial charge in [0.05, 0.1) is 5.92 Å². The zero-order valence-corrected chi connectivity index (χ0v) is 14.5. The van der Waals surface area contributed by atoms with Gasteiger partial charge in [0.2, 0.25) is 0 Å². The number of carboxylic acids is 1. The Morgan fingerprint density at radius 1 is 1.16 bits per heavy atom. The van der Waals surface area contributed by atoms with Crippen molar-refractivity contribution in [2.24, 2.45) is 5.92 Å². The predicted molar refractivity (Wildman–Crippen MR) is 91.8 cm³/mol. The summed E-state index contributed by atoms with van der Waals surface area (Å²) >= 11 is 0. The monoisotopic (exact) mass is 348 g/mol. The first-order valence-corrected chi connectivity index (χ1v) is 8.99. The van der Waals surface area contributed by atoms with Crippen LogP contribution in [0.15, 0.2) is 24.3 Å². The number of urea groups is 1. The molecule has 0 aromatic heterocycles. The van der Waals surface area contributed by atoms with Crippen molar-refractivity contribution < 1.29 is 19.1 Å². The summed E-state index contributed by atoms with van der Waals surface area (Å²) in [5, 5.41) is 12.1. The van der Waals surface area contributed by atoms with Gasteiger partial charge in [-0.05, 0) is 56.7 Å². The van der Waals surface area contributed by atoms with E-state index < -0.39 is 5.97 Å². The molecule has 1 heterocycles. The van der Waals surface area contributed by atoms with Gasteiger partial charge in [-0.2, -0.15) is 0 Å². The van der Waals surface area contributed by atoms with Gasteiger partial charge in [-0.3, -0.25) is 4.79 Å². The van der Waals surface area contributed by atoms with Crippen LogP contribution in [0, 0.1) is 11.7 Å². The van der Waals surface area contributed by atoms with E-state index in [1.54, 1.807) is 12.1 Å². The van der Waals surface area contributed by atoms with Gasteiger partial charge in [0.25, 0.3) is 0 Å². The van der Waals surface area contributed by atoms with Gasteiger partial charge < -0.3 is 15.3 Å². The number of amides is 2. The van der Waals surface area contributed by atoms with Crippen LogP contribution >= 0.6 is 0 Å². The van der Waals surface area contributed by atoms with Crippen molar-refractivity contribution in [3.05, 3.63) is 35.6 Å². The van der Waals surface area contributed by atoms with E-state index in [-0.39, 0.29) is 35.8 Å². The van der Waals surface area contributed by atoms with E-state index in [1.165, 1.54) is 12.1 Å². The zero-order valence-electron chi connectivity index (χ0n) is 14.5. The van der Waals surface area contributed by atoms with Gasteiger partial charge in [-0.15, -0.1) is 0 Å². The SMILES string of the molecule is CC1CC(c2ccc(F)cc2)CN1C(=O)NC1CCC(C(=O)O)CC1. The Bertz CT molecular complexity index is 626.